The third-order valence-electron chi connectivity index (χ3n) is 3.88. The van der Waals surface area contributed by atoms with Gasteiger partial charge in [-0.3, -0.25) is 4.79 Å². The van der Waals surface area contributed by atoms with Crippen molar-refractivity contribution in [2.75, 3.05) is 20.0 Å². The fraction of sp³-hybridized carbons (Fsp3) is 0.316. The Balaban J connectivity index is 1.94. The highest BCUT2D eigenvalue weighted by atomic mass is 32.2. The Morgan fingerprint density at radius 1 is 1.04 bits per heavy atom. The number of ether oxygens (including phenoxy) is 2. The van der Waals surface area contributed by atoms with Crippen molar-refractivity contribution in [2.24, 2.45) is 0 Å². The molecule has 0 bridgehead atoms. The Labute approximate surface area is 154 Å². The zero-order valence-corrected chi connectivity index (χ0v) is 15.9. The van der Waals surface area contributed by atoms with Gasteiger partial charge >= 0.3 is 0 Å². The number of rotatable bonds is 8. The number of amides is 1. The van der Waals surface area contributed by atoms with Gasteiger partial charge in [-0.15, -0.1) is 0 Å². The summed E-state index contributed by atoms with van der Waals surface area (Å²) in [5, 5.41) is 2.90. The van der Waals surface area contributed by atoms with Gasteiger partial charge in [0.1, 0.15) is 11.5 Å². The van der Waals surface area contributed by atoms with Gasteiger partial charge in [-0.1, -0.05) is 19.1 Å². The molecular weight excluding hydrogens is 354 g/mol. The van der Waals surface area contributed by atoms with E-state index in [0.717, 1.165) is 11.8 Å². The number of nitrogens with one attached hydrogen (secondary N) is 1. The van der Waals surface area contributed by atoms with Gasteiger partial charge in [0.2, 0.25) is 0 Å². The van der Waals surface area contributed by atoms with Gasteiger partial charge < -0.3 is 14.8 Å². The summed E-state index contributed by atoms with van der Waals surface area (Å²) < 4.78 is 33.6. The van der Waals surface area contributed by atoms with Crippen LogP contribution in [0.15, 0.2) is 53.4 Å². The molecule has 1 amide bonds. The van der Waals surface area contributed by atoms with Gasteiger partial charge in [0.15, 0.2) is 16.4 Å². The van der Waals surface area contributed by atoms with E-state index in [1.807, 2.05) is 6.92 Å². The summed E-state index contributed by atoms with van der Waals surface area (Å²) in [4.78, 5) is 12.4. The monoisotopic (exact) mass is 377 g/mol. The Bertz CT molecular complexity index is 829. The molecule has 26 heavy (non-hydrogen) atoms. The molecule has 0 aromatic heterocycles. The average molecular weight is 377 g/mol. The molecule has 1 atom stereocenters. The summed E-state index contributed by atoms with van der Waals surface area (Å²) >= 11 is 0. The van der Waals surface area contributed by atoms with Crippen molar-refractivity contribution in [3.8, 4) is 11.5 Å². The highest BCUT2D eigenvalue weighted by Crippen LogP contribution is 2.20. The molecule has 0 aliphatic rings. The molecule has 7 heteroatoms. The fourth-order valence-corrected chi connectivity index (χ4v) is 3.06. The van der Waals surface area contributed by atoms with Crippen LogP contribution >= 0.6 is 0 Å². The lowest BCUT2D eigenvalue weighted by Crippen LogP contribution is -2.32. The maximum absolute atomic E-state index is 12.2. The number of sulfone groups is 1. The third-order valence-corrected chi connectivity index (χ3v) is 5.01. The van der Waals surface area contributed by atoms with Gasteiger partial charge in [0, 0.05) is 6.26 Å². The first-order chi connectivity index (χ1) is 12.3. The van der Waals surface area contributed by atoms with E-state index in [1.165, 1.54) is 0 Å². The van der Waals surface area contributed by atoms with Crippen LogP contribution in [0.25, 0.3) is 0 Å². The molecule has 2 rings (SSSR count). The van der Waals surface area contributed by atoms with Crippen LogP contribution in [0.1, 0.15) is 24.9 Å². The third kappa shape index (κ3) is 5.49. The van der Waals surface area contributed by atoms with Crippen molar-refractivity contribution in [1.82, 2.24) is 5.32 Å². The zero-order valence-electron chi connectivity index (χ0n) is 15.1. The molecule has 0 spiro atoms. The maximum Gasteiger partial charge on any atom is 0.258 e. The SMILES string of the molecule is CC[C@@H](NC(=O)COc1ccc(OC)cc1)c1ccc(S(C)(=O)=O)cc1. The molecule has 2 aromatic rings. The van der Waals surface area contributed by atoms with Crippen LogP contribution in [0.2, 0.25) is 0 Å². The Morgan fingerprint density at radius 3 is 2.12 bits per heavy atom. The highest BCUT2D eigenvalue weighted by Gasteiger charge is 2.14. The van der Waals surface area contributed by atoms with Crippen LogP contribution in [0, 0.1) is 0 Å². The van der Waals surface area contributed by atoms with E-state index in [1.54, 1.807) is 55.6 Å². The Kier molecular flexibility index (Phi) is 6.63. The van der Waals surface area contributed by atoms with Crippen LogP contribution < -0.4 is 14.8 Å². The zero-order chi connectivity index (χ0) is 19.2. The summed E-state index contributed by atoms with van der Waals surface area (Å²) in [6.07, 6.45) is 1.84. The summed E-state index contributed by atoms with van der Waals surface area (Å²) in [5.74, 6) is 1.04. The topological polar surface area (TPSA) is 81.7 Å². The Morgan fingerprint density at radius 2 is 1.62 bits per heavy atom. The molecule has 0 saturated heterocycles. The van der Waals surface area contributed by atoms with Gasteiger partial charge in [-0.25, -0.2) is 8.42 Å². The molecule has 0 aliphatic heterocycles. The van der Waals surface area contributed by atoms with Crippen molar-refractivity contribution >= 4 is 15.7 Å². The molecule has 6 nitrogen and oxygen atoms in total. The predicted octanol–water partition coefficient (Wildman–Crippen LogP) is 2.75. The molecule has 0 heterocycles. The number of carbonyl (C=O) groups excluding carboxylic acids is 1. The lowest BCUT2D eigenvalue weighted by molar-refractivity contribution is -0.123. The minimum absolute atomic E-state index is 0.107. The van der Waals surface area contributed by atoms with Crippen molar-refractivity contribution in [3.63, 3.8) is 0 Å². The van der Waals surface area contributed by atoms with E-state index in [2.05, 4.69) is 5.32 Å². The normalized spacial score (nSPS) is 12.3. The van der Waals surface area contributed by atoms with Gasteiger partial charge in [0.25, 0.3) is 5.91 Å². The number of methoxy groups -OCH3 is 1. The molecule has 0 fully saturated rings. The summed E-state index contributed by atoms with van der Waals surface area (Å²) in [6.45, 7) is 1.84. The highest BCUT2D eigenvalue weighted by molar-refractivity contribution is 7.90. The molecule has 0 radical (unpaired) electrons. The molecular formula is C19H23NO5S. The predicted molar refractivity (Wildman–Crippen MR) is 99.2 cm³/mol. The first-order valence-corrected chi connectivity index (χ1v) is 10.1. The second kappa shape index (κ2) is 8.71. The van der Waals surface area contributed by atoms with Crippen LogP contribution in [0.4, 0.5) is 0 Å². The number of hydrogen-bond donors (Lipinski definition) is 1. The average Bonchev–Trinajstić information content (AvgIpc) is 2.64. The molecule has 0 unspecified atom stereocenters. The molecule has 0 aliphatic carbocycles. The lowest BCUT2D eigenvalue weighted by Gasteiger charge is -2.18. The number of benzene rings is 2. The van der Waals surface area contributed by atoms with Gasteiger partial charge in [-0.2, -0.15) is 0 Å². The fourth-order valence-electron chi connectivity index (χ4n) is 2.43. The molecule has 140 valence electrons. The molecule has 0 saturated carbocycles. The van der Waals surface area contributed by atoms with Crippen LogP contribution in [0.5, 0.6) is 11.5 Å². The quantitative estimate of drug-likeness (QED) is 0.765. The van der Waals surface area contributed by atoms with Crippen LogP contribution in [-0.2, 0) is 14.6 Å². The van der Waals surface area contributed by atoms with E-state index in [9.17, 15) is 13.2 Å². The van der Waals surface area contributed by atoms with Crippen molar-refractivity contribution < 1.29 is 22.7 Å². The lowest BCUT2D eigenvalue weighted by atomic mass is 10.0. The van der Waals surface area contributed by atoms with Crippen molar-refractivity contribution in [3.05, 3.63) is 54.1 Å². The van der Waals surface area contributed by atoms with Gasteiger partial charge in [-0.05, 0) is 48.4 Å². The number of hydrogen-bond acceptors (Lipinski definition) is 5. The summed E-state index contributed by atoms with van der Waals surface area (Å²) in [6, 6.07) is 13.3. The minimum atomic E-state index is -3.24. The summed E-state index contributed by atoms with van der Waals surface area (Å²) in [5.41, 5.74) is 0.845. The van der Waals surface area contributed by atoms with Gasteiger partial charge in [0.05, 0.1) is 18.0 Å². The van der Waals surface area contributed by atoms with Crippen LogP contribution in [-0.4, -0.2) is 34.3 Å². The van der Waals surface area contributed by atoms with Crippen molar-refractivity contribution in [1.29, 1.82) is 0 Å². The van der Waals surface area contributed by atoms with E-state index in [4.69, 9.17) is 9.47 Å². The van der Waals surface area contributed by atoms with E-state index >= 15 is 0 Å². The first kappa shape index (κ1) is 19.8. The standard InChI is InChI=1S/C19H23NO5S/c1-4-18(14-5-11-17(12-6-14)26(3,22)23)20-19(21)13-25-16-9-7-15(24-2)8-10-16/h5-12,18H,4,13H2,1-3H3,(H,20,21)/t18-/m1/s1. The van der Waals surface area contributed by atoms with E-state index in [-0.39, 0.29) is 23.5 Å². The maximum atomic E-state index is 12.2. The van der Waals surface area contributed by atoms with E-state index in [0.29, 0.717) is 17.9 Å². The van der Waals surface area contributed by atoms with Crippen molar-refractivity contribution in [2.45, 2.75) is 24.3 Å². The Hall–Kier alpha value is -2.54. The summed E-state index contributed by atoms with van der Waals surface area (Å²) in [7, 11) is -1.66. The number of carbonyl (C=O) groups is 1. The largest absolute Gasteiger partial charge is 0.497 e. The smallest absolute Gasteiger partial charge is 0.258 e. The van der Waals surface area contributed by atoms with E-state index < -0.39 is 9.84 Å². The minimum Gasteiger partial charge on any atom is -0.497 e. The first-order valence-electron chi connectivity index (χ1n) is 8.19. The second-order valence-electron chi connectivity index (χ2n) is 5.83. The molecule has 2 aromatic carbocycles. The van der Waals surface area contributed by atoms with Crippen LogP contribution in [0.3, 0.4) is 0 Å². The second-order valence-corrected chi connectivity index (χ2v) is 7.85. The molecule has 1 N–H and O–H groups in total.